The topological polar surface area (TPSA) is 44.8 Å². The highest BCUT2D eigenvalue weighted by Gasteiger charge is 2.50. The number of fused-ring (bicyclic) bond motifs is 3. The molecule has 5 heteroatoms. The van der Waals surface area contributed by atoms with Gasteiger partial charge < -0.3 is 19.0 Å². The molecule has 1 unspecified atom stereocenters. The maximum absolute atomic E-state index is 14.2. The predicted molar refractivity (Wildman–Crippen MR) is 89.8 cm³/mol. The van der Waals surface area contributed by atoms with Gasteiger partial charge in [-0.1, -0.05) is 0 Å². The molecule has 0 amide bonds. The number of halogens is 1. The molecule has 0 aromatic heterocycles. The van der Waals surface area contributed by atoms with Gasteiger partial charge in [0.25, 0.3) is 0 Å². The fourth-order valence-electron chi connectivity index (χ4n) is 4.43. The summed E-state index contributed by atoms with van der Waals surface area (Å²) in [5.41, 5.74) is 0.391. The van der Waals surface area contributed by atoms with Crippen LogP contribution < -0.4 is 4.74 Å². The summed E-state index contributed by atoms with van der Waals surface area (Å²) in [5.74, 6) is 0.201. The first-order valence-corrected chi connectivity index (χ1v) is 9.30. The van der Waals surface area contributed by atoms with E-state index >= 15 is 0 Å². The highest BCUT2D eigenvalue weighted by molar-refractivity contribution is 5.51. The second-order valence-corrected chi connectivity index (χ2v) is 7.74. The Labute approximate surface area is 147 Å². The number of hydrogen-bond acceptors (Lipinski definition) is 4. The Hall–Kier alpha value is -1.46. The number of ether oxygens (including phenoxy) is 3. The number of carbonyl (C=O) groups excluding carboxylic acids is 1. The minimum atomic E-state index is -0.446. The summed E-state index contributed by atoms with van der Waals surface area (Å²) in [4.78, 5) is 10.9. The molecule has 0 radical (unpaired) electrons. The van der Waals surface area contributed by atoms with E-state index in [-0.39, 0.29) is 17.5 Å². The lowest BCUT2D eigenvalue weighted by Gasteiger charge is -2.53. The number of hydrogen-bond donors (Lipinski definition) is 0. The number of benzene rings is 1. The minimum absolute atomic E-state index is 0.00784. The molecule has 3 aliphatic heterocycles. The zero-order chi connectivity index (χ0) is 17.3. The molecule has 2 bridgehead atoms. The molecule has 3 saturated heterocycles. The quantitative estimate of drug-likeness (QED) is 0.751. The van der Waals surface area contributed by atoms with Crippen LogP contribution in [0.3, 0.4) is 0 Å². The van der Waals surface area contributed by atoms with Crippen LogP contribution in [0.4, 0.5) is 4.39 Å². The minimum Gasteiger partial charge on any atom is -0.465 e. The smallest absolute Gasteiger partial charge is 0.199 e. The zero-order valence-electron chi connectivity index (χ0n) is 14.5. The van der Waals surface area contributed by atoms with Crippen molar-refractivity contribution >= 4 is 6.29 Å². The molecule has 4 nitrogen and oxygen atoms in total. The van der Waals surface area contributed by atoms with Gasteiger partial charge in [0.2, 0.25) is 0 Å². The van der Waals surface area contributed by atoms with Crippen molar-refractivity contribution in [3.05, 3.63) is 29.6 Å². The molecule has 0 spiro atoms. The van der Waals surface area contributed by atoms with Crippen LogP contribution in [0.25, 0.3) is 0 Å². The van der Waals surface area contributed by atoms with Crippen molar-refractivity contribution < 1.29 is 23.4 Å². The van der Waals surface area contributed by atoms with Crippen molar-refractivity contribution in [2.75, 3.05) is 13.2 Å². The van der Waals surface area contributed by atoms with Gasteiger partial charge in [-0.15, -0.1) is 0 Å². The van der Waals surface area contributed by atoms with E-state index < -0.39 is 5.60 Å². The Morgan fingerprint density at radius 2 is 2.04 bits per heavy atom. The third kappa shape index (κ3) is 3.32. The summed E-state index contributed by atoms with van der Waals surface area (Å²) in [6.07, 6.45) is 7.76. The van der Waals surface area contributed by atoms with Gasteiger partial charge in [0.15, 0.2) is 6.29 Å². The maximum Gasteiger partial charge on any atom is 0.199 e. The third-order valence-electron chi connectivity index (χ3n) is 6.09. The van der Waals surface area contributed by atoms with Crippen LogP contribution >= 0.6 is 0 Å². The lowest BCUT2D eigenvalue weighted by atomic mass is 9.63. The van der Waals surface area contributed by atoms with Crippen molar-refractivity contribution in [1.29, 1.82) is 0 Å². The Balaban J connectivity index is 1.53. The van der Waals surface area contributed by atoms with Crippen LogP contribution in [-0.2, 0) is 19.9 Å². The highest BCUT2D eigenvalue weighted by Crippen LogP contribution is 2.55. The Morgan fingerprint density at radius 1 is 1.20 bits per heavy atom. The molecule has 1 aromatic carbocycles. The van der Waals surface area contributed by atoms with Crippen LogP contribution in [-0.4, -0.2) is 25.8 Å². The SMILES string of the molecule is O=CCC12CCC(c3cc(F)cc(OC4CCCCO4)c3)(CC1)OC2. The summed E-state index contributed by atoms with van der Waals surface area (Å²) < 4.78 is 31.9. The van der Waals surface area contributed by atoms with E-state index in [4.69, 9.17) is 14.2 Å². The third-order valence-corrected chi connectivity index (χ3v) is 6.09. The maximum atomic E-state index is 14.2. The first-order valence-electron chi connectivity index (χ1n) is 9.30. The van der Waals surface area contributed by atoms with Crippen molar-refractivity contribution in [1.82, 2.24) is 0 Å². The molecule has 1 aromatic rings. The second-order valence-electron chi connectivity index (χ2n) is 7.74. The van der Waals surface area contributed by atoms with Crippen molar-refractivity contribution in [2.24, 2.45) is 5.41 Å². The van der Waals surface area contributed by atoms with Crippen LogP contribution in [0.15, 0.2) is 18.2 Å². The van der Waals surface area contributed by atoms with E-state index in [1.807, 2.05) is 6.07 Å². The molecular weight excluding hydrogens is 323 g/mol. The molecule has 0 N–H and O–H groups in total. The molecule has 1 atom stereocenters. The Morgan fingerprint density at radius 3 is 2.68 bits per heavy atom. The molecule has 1 saturated carbocycles. The molecule has 25 heavy (non-hydrogen) atoms. The fourth-order valence-corrected chi connectivity index (χ4v) is 4.43. The lowest BCUT2D eigenvalue weighted by molar-refractivity contribution is -0.190. The van der Waals surface area contributed by atoms with Crippen molar-refractivity contribution in [3.8, 4) is 5.75 Å². The summed E-state index contributed by atoms with van der Waals surface area (Å²) in [6.45, 7) is 1.27. The Kier molecular flexibility index (Phi) is 4.54. The van der Waals surface area contributed by atoms with E-state index in [1.165, 1.54) is 6.07 Å². The first-order chi connectivity index (χ1) is 12.1. The largest absolute Gasteiger partial charge is 0.465 e. The number of aldehydes is 1. The van der Waals surface area contributed by atoms with Crippen LogP contribution in [0.1, 0.15) is 56.9 Å². The summed E-state index contributed by atoms with van der Waals surface area (Å²) in [6, 6.07) is 4.88. The molecule has 4 fully saturated rings. The monoisotopic (exact) mass is 348 g/mol. The summed E-state index contributed by atoms with van der Waals surface area (Å²) in [5, 5.41) is 0. The van der Waals surface area contributed by atoms with Gasteiger partial charge in [0, 0.05) is 24.3 Å². The second kappa shape index (κ2) is 6.69. The highest BCUT2D eigenvalue weighted by atomic mass is 19.1. The van der Waals surface area contributed by atoms with Gasteiger partial charge in [-0.3, -0.25) is 0 Å². The van der Waals surface area contributed by atoms with Gasteiger partial charge in [-0.25, -0.2) is 4.39 Å². The lowest BCUT2D eigenvalue weighted by Crippen LogP contribution is -2.49. The van der Waals surface area contributed by atoms with E-state index in [0.717, 1.165) is 56.8 Å². The van der Waals surface area contributed by atoms with Gasteiger partial charge >= 0.3 is 0 Å². The predicted octanol–water partition coefficient (Wildman–Crippen LogP) is 4.11. The Bertz CT molecular complexity index is 614. The number of carbonyl (C=O) groups is 1. The van der Waals surface area contributed by atoms with Crippen LogP contribution in [0, 0.1) is 11.2 Å². The average molecular weight is 348 g/mol. The van der Waals surface area contributed by atoms with Gasteiger partial charge in [-0.2, -0.15) is 0 Å². The van der Waals surface area contributed by atoms with E-state index in [1.54, 1.807) is 6.07 Å². The van der Waals surface area contributed by atoms with E-state index in [0.29, 0.717) is 25.4 Å². The van der Waals surface area contributed by atoms with Gasteiger partial charge in [0.1, 0.15) is 17.9 Å². The average Bonchev–Trinajstić information content (AvgIpc) is 2.64. The summed E-state index contributed by atoms with van der Waals surface area (Å²) in [7, 11) is 0. The standard InChI is InChI=1S/C20H25FO4/c21-16-11-15(12-17(13-16)25-18-3-1-2-10-23-18)20-6-4-19(5-7-20,8-9-22)14-24-20/h9,11-13,18H,1-8,10,14H2. The number of rotatable bonds is 5. The molecule has 4 aliphatic rings. The fraction of sp³-hybridized carbons (Fsp3) is 0.650. The first kappa shape index (κ1) is 17.0. The molecule has 136 valence electrons. The normalized spacial score (nSPS) is 34.7. The molecule has 1 aliphatic carbocycles. The molecular formula is C20H25FO4. The molecule has 5 rings (SSSR count). The van der Waals surface area contributed by atoms with Gasteiger partial charge in [-0.05, 0) is 56.2 Å². The van der Waals surface area contributed by atoms with Crippen LogP contribution in [0.2, 0.25) is 0 Å². The van der Waals surface area contributed by atoms with Crippen LogP contribution in [0.5, 0.6) is 5.75 Å². The molecule has 3 heterocycles. The van der Waals surface area contributed by atoms with Gasteiger partial charge in [0.05, 0.1) is 18.8 Å². The van der Waals surface area contributed by atoms with E-state index in [9.17, 15) is 9.18 Å². The van der Waals surface area contributed by atoms with Crippen molar-refractivity contribution in [2.45, 2.75) is 63.3 Å². The van der Waals surface area contributed by atoms with E-state index in [2.05, 4.69) is 0 Å². The summed E-state index contributed by atoms with van der Waals surface area (Å²) >= 11 is 0. The zero-order valence-corrected chi connectivity index (χ0v) is 14.5. The van der Waals surface area contributed by atoms with Crippen molar-refractivity contribution in [3.63, 3.8) is 0 Å².